The molecule has 5 heteroatoms. The fourth-order valence-corrected chi connectivity index (χ4v) is 2.57. The summed E-state index contributed by atoms with van der Waals surface area (Å²) in [4.78, 5) is 0. The first kappa shape index (κ1) is 15.9. The van der Waals surface area contributed by atoms with Gasteiger partial charge in [-0.3, -0.25) is 11.3 Å². The van der Waals surface area contributed by atoms with E-state index in [1.165, 1.54) is 6.07 Å². The minimum atomic E-state index is -0.415. The maximum Gasteiger partial charge on any atom is 0.145 e. The molecule has 0 spiro atoms. The van der Waals surface area contributed by atoms with Gasteiger partial charge in [-0.15, -0.1) is 0 Å². The number of nitrogens with one attached hydrogen (secondary N) is 1. The van der Waals surface area contributed by atoms with E-state index in [0.717, 1.165) is 5.56 Å². The molecule has 2 atom stereocenters. The first-order valence-electron chi connectivity index (χ1n) is 6.64. The Kier molecular flexibility index (Phi) is 5.70. The lowest BCUT2D eigenvalue weighted by atomic mass is 9.96. The highest BCUT2D eigenvalue weighted by Crippen LogP contribution is 2.25. The number of halogens is 2. The number of benzene rings is 2. The molecule has 0 radical (unpaired) electrons. The molecule has 0 saturated carbocycles. The lowest BCUT2D eigenvalue weighted by molar-refractivity contribution is 0.0676. The second-order valence-electron chi connectivity index (χ2n) is 4.76. The quantitative estimate of drug-likeness (QED) is 0.636. The normalized spacial score (nSPS) is 13.9. The van der Waals surface area contributed by atoms with Crippen LogP contribution in [0.1, 0.15) is 17.2 Å². The molecule has 0 heterocycles. The molecule has 3 nitrogen and oxygen atoms in total. The van der Waals surface area contributed by atoms with Crippen LogP contribution < -0.4 is 11.3 Å². The van der Waals surface area contributed by atoms with Gasteiger partial charge in [0.15, 0.2) is 0 Å². The van der Waals surface area contributed by atoms with Gasteiger partial charge in [-0.05, 0) is 23.6 Å². The third-order valence-corrected chi connectivity index (χ3v) is 3.72. The first-order valence-corrected chi connectivity index (χ1v) is 7.02. The van der Waals surface area contributed by atoms with E-state index in [4.69, 9.17) is 22.2 Å². The molecule has 2 aromatic carbocycles. The fourth-order valence-electron chi connectivity index (χ4n) is 2.37. The van der Waals surface area contributed by atoms with Gasteiger partial charge < -0.3 is 4.74 Å². The van der Waals surface area contributed by atoms with Crippen molar-refractivity contribution >= 4 is 11.6 Å². The average Bonchev–Trinajstić information content (AvgIpc) is 2.52. The van der Waals surface area contributed by atoms with Gasteiger partial charge in [-0.1, -0.05) is 54.1 Å². The van der Waals surface area contributed by atoms with Crippen LogP contribution in [0, 0.1) is 5.82 Å². The maximum atomic E-state index is 14.0. The number of hydrogen-bond donors (Lipinski definition) is 2. The Morgan fingerprint density at radius 3 is 2.52 bits per heavy atom. The fraction of sp³-hybridized carbons (Fsp3) is 0.250. The van der Waals surface area contributed by atoms with Gasteiger partial charge >= 0.3 is 0 Å². The number of nitrogens with two attached hydrogens (primary N) is 1. The highest BCUT2D eigenvalue weighted by atomic mass is 35.5. The second kappa shape index (κ2) is 7.52. The molecule has 0 aromatic heterocycles. The van der Waals surface area contributed by atoms with Crippen molar-refractivity contribution in [2.24, 2.45) is 5.84 Å². The van der Waals surface area contributed by atoms with Crippen LogP contribution in [0.25, 0.3) is 0 Å². The molecule has 3 N–H and O–H groups in total. The predicted octanol–water partition coefficient (Wildman–Crippen LogP) is 3.24. The highest BCUT2D eigenvalue weighted by Gasteiger charge is 2.23. The molecule has 0 amide bonds. The number of ether oxygens (including phenoxy) is 1. The minimum Gasteiger partial charge on any atom is -0.375 e. The van der Waals surface area contributed by atoms with Crippen molar-refractivity contribution in [3.8, 4) is 0 Å². The number of rotatable bonds is 6. The SMILES string of the molecule is COC(c1ccccc1)C(Cc1cccc(Cl)c1F)NN. The molecule has 21 heavy (non-hydrogen) atoms. The number of hydrazine groups is 1. The van der Waals surface area contributed by atoms with E-state index in [9.17, 15) is 4.39 Å². The van der Waals surface area contributed by atoms with E-state index in [1.807, 2.05) is 30.3 Å². The Hall–Kier alpha value is -1.46. The van der Waals surface area contributed by atoms with Gasteiger partial charge in [0.05, 0.1) is 17.2 Å². The van der Waals surface area contributed by atoms with Gasteiger partial charge in [-0.2, -0.15) is 0 Å². The van der Waals surface area contributed by atoms with Crippen LogP contribution in [0.3, 0.4) is 0 Å². The summed E-state index contributed by atoms with van der Waals surface area (Å²) < 4.78 is 19.6. The Morgan fingerprint density at radius 2 is 1.90 bits per heavy atom. The highest BCUT2D eigenvalue weighted by molar-refractivity contribution is 6.30. The molecule has 0 aliphatic rings. The van der Waals surface area contributed by atoms with Crippen molar-refractivity contribution in [1.82, 2.24) is 5.43 Å². The summed E-state index contributed by atoms with van der Waals surface area (Å²) in [5.41, 5.74) is 4.19. The van der Waals surface area contributed by atoms with Crippen molar-refractivity contribution in [3.63, 3.8) is 0 Å². The lowest BCUT2D eigenvalue weighted by Gasteiger charge is -2.26. The van der Waals surface area contributed by atoms with Crippen LogP contribution in [0.15, 0.2) is 48.5 Å². The largest absolute Gasteiger partial charge is 0.375 e. The van der Waals surface area contributed by atoms with Gasteiger partial charge in [-0.25, -0.2) is 4.39 Å². The number of hydrogen-bond acceptors (Lipinski definition) is 3. The zero-order valence-corrected chi connectivity index (χ0v) is 12.5. The van der Waals surface area contributed by atoms with Crippen molar-refractivity contribution in [2.75, 3.05) is 7.11 Å². The zero-order valence-electron chi connectivity index (χ0n) is 11.7. The maximum absolute atomic E-state index is 14.0. The van der Waals surface area contributed by atoms with E-state index < -0.39 is 5.82 Å². The van der Waals surface area contributed by atoms with E-state index in [1.54, 1.807) is 19.2 Å². The van der Waals surface area contributed by atoms with Crippen LogP contribution in [0.2, 0.25) is 5.02 Å². The summed E-state index contributed by atoms with van der Waals surface area (Å²) in [6, 6.07) is 14.4. The lowest BCUT2D eigenvalue weighted by Crippen LogP contribution is -2.42. The van der Waals surface area contributed by atoms with E-state index >= 15 is 0 Å². The molecule has 0 saturated heterocycles. The molecule has 2 rings (SSSR count). The monoisotopic (exact) mass is 308 g/mol. The zero-order chi connectivity index (χ0) is 15.2. The Bertz CT molecular complexity index is 580. The predicted molar refractivity (Wildman–Crippen MR) is 82.4 cm³/mol. The van der Waals surface area contributed by atoms with Crippen LogP contribution in [0.5, 0.6) is 0 Å². The molecular weight excluding hydrogens is 291 g/mol. The third-order valence-electron chi connectivity index (χ3n) is 3.43. The molecule has 0 aliphatic heterocycles. The summed E-state index contributed by atoms with van der Waals surface area (Å²) in [6.07, 6.45) is 0.0885. The summed E-state index contributed by atoms with van der Waals surface area (Å²) >= 11 is 5.81. The van der Waals surface area contributed by atoms with E-state index in [2.05, 4.69) is 5.43 Å². The topological polar surface area (TPSA) is 47.3 Å². The standard InChI is InChI=1S/C16H18ClFN2O/c1-21-16(11-6-3-2-4-7-11)14(20-19)10-12-8-5-9-13(17)15(12)18/h2-9,14,16,20H,10,19H2,1H3. The van der Waals surface area contributed by atoms with E-state index in [-0.39, 0.29) is 17.2 Å². The third kappa shape index (κ3) is 3.80. The number of methoxy groups -OCH3 is 1. The van der Waals surface area contributed by atoms with Crippen molar-refractivity contribution in [3.05, 3.63) is 70.5 Å². The van der Waals surface area contributed by atoms with Crippen LogP contribution in [-0.2, 0) is 11.2 Å². The Morgan fingerprint density at radius 1 is 1.19 bits per heavy atom. The first-order chi connectivity index (χ1) is 10.2. The van der Waals surface area contributed by atoms with Gasteiger partial charge in [0.1, 0.15) is 5.82 Å². The summed E-state index contributed by atoms with van der Waals surface area (Å²) in [7, 11) is 1.61. The van der Waals surface area contributed by atoms with Crippen LogP contribution in [-0.4, -0.2) is 13.2 Å². The molecular formula is C16H18ClFN2O. The van der Waals surface area contributed by atoms with Crippen LogP contribution >= 0.6 is 11.6 Å². The van der Waals surface area contributed by atoms with E-state index in [0.29, 0.717) is 12.0 Å². The van der Waals surface area contributed by atoms with Gasteiger partial charge in [0.25, 0.3) is 0 Å². The minimum absolute atomic E-state index is 0.108. The van der Waals surface area contributed by atoms with Crippen molar-refractivity contribution in [1.29, 1.82) is 0 Å². The molecule has 2 aromatic rings. The van der Waals surface area contributed by atoms with Gasteiger partial charge in [0, 0.05) is 7.11 Å². The summed E-state index contributed by atoms with van der Waals surface area (Å²) in [5, 5.41) is 0.108. The average molecular weight is 309 g/mol. The smallest absolute Gasteiger partial charge is 0.145 e. The molecule has 112 valence electrons. The second-order valence-corrected chi connectivity index (χ2v) is 5.16. The van der Waals surface area contributed by atoms with Crippen LogP contribution in [0.4, 0.5) is 4.39 Å². The molecule has 0 fully saturated rings. The van der Waals surface area contributed by atoms with Crippen molar-refractivity contribution < 1.29 is 9.13 Å². The summed E-state index contributed by atoms with van der Waals surface area (Å²) in [5.74, 6) is 5.22. The van der Waals surface area contributed by atoms with Gasteiger partial charge in [0.2, 0.25) is 0 Å². The molecule has 2 unspecified atom stereocenters. The Labute approximate surface area is 128 Å². The Balaban J connectivity index is 2.24. The summed E-state index contributed by atoms with van der Waals surface area (Å²) in [6.45, 7) is 0. The molecule has 0 aliphatic carbocycles. The molecule has 0 bridgehead atoms. The van der Waals surface area contributed by atoms with Crippen molar-refractivity contribution in [2.45, 2.75) is 18.6 Å².